The summed E-state index contributed by atoms with van der Waals surface area (Å²) in [6.07, 6.45) is -1.42. The molecule has 0 unspecified atom stereocenters. The summed E-state index contributed by atoms with van der Waals surface area (Å²) in [5, 5.41) is 18.6. The molecule has 1 heterocycles. The molecule has 3 aromatic rings. The van der Waals surface area contributed by atoms with Crippen molar-refractivity contribution in [3.8, 4) is 17.6 Å². The summed E-state index contributed by atoms with van der Waals surface area (Å²) in [6.45, 7) is 0.199. The van der Waals surface area contributed by atoms with E-state index >= 15 is 0 Å². The first kappa shape index (κ1) is 20.2. The van der Waals surface area contributed by atoms with Gasteiger partial charge in [0.2, 0.25) is 10.6 Å². The molecule has 0 saturated carbocycles. The lowest BCUT2D eigenvalue weighted by molar-refractivity contribution is 0.136. The predicted octanol–water partition coefficient (Wildman–Crippen LogP) is 4.22. The van der Waals surface area contributed by atoms with Gasteiger partial charge in [-0.1, -0.05) is 0 Å². The van der Waals surface area contributed by atoms with Crippen molar-refractivity contribution in [2.75, 3.05) is 7.11 Å². The van der Waals surface area contributed by atoms with Gasteiger partial charge in [0, 0.05) is 5.56 Å². The van der Waals surface area contributed by atoms with Crippen LogP contribution in [0.4, 0.5) is 8.78 Å². The van der Waals surface area contributed by atoms with Crippen LogP contribution in [0.25, 0.3) is 0 Å². The van der Waals surface area contributed by atoms with Gasteiger partial charge in [-0.05, 0) is 60.2 Å². The van der Waals surface area contributed by atoms with E-state index in [0.29, 0.717) is 22.6 Å². The van der Waals surface area contributed by atoms with Crippen LogP contribution in [0, 0.1) is 16.1 Å². The Labute approximate surface area is 169 Å². The van der Waals surface area contributed by atoms with Gasteiger partial charge < -0.3 is 9.47 Å². The van der Waals surface area contributed by atoms with E-state index in [9.17, 15) is 8.78 Å². The fourth-order valence-electron chi connectivity index (χ4n) is 2.46. The number of benzene rings is 2. The van der Waals surface area contributed by atoms with E-state index < -0.39 is 12.2 Å². The summed E-state index contributed by atoms with van der Waals surface area (Å²) in [4.78, 5) is 0. The number of methoxy groups -OCH3 is 1. The number of halogens is 2. The minimum absolute atomic E-state index is 0.0329. The lowest BCUT2D eigenvalue weighted by Gasteiger charge is -2.11. The van der Waals surface area contributed by atoms with E-state index in [4.69, 9.17) is 27.0 Å². The third-order valence-corrected chi connectivity index (χ3v) is 4.14. The summed E-state index contributed by atoms with van der Waals surface area (Å²) in [7, 11) is 1.54. The zero-order valence-corrected chi connectivity index (χ0v) is 16.0. The second-order valence-corrected chi connectivity index (χ2v) is 6.13. The molecule has 10 heteroatoms. The number of hydrogen-bond donors (Lipinski definition) is 1. The summed E-state index contributed by atoms with van der Waals surface area (Å²) < 4.78 is 37.8. The van der Waals surface area contributed by atoms with Crippen molar-refractivity contribution in [1.29, 1.82) is 5.26 Å². The van der Waals surface area contributed by atoms with Crippen LogP contribution < -0.4 is 9.47 Å². The Morgan fingerprint density at radius 2 is 2.07 bits per heavy atom. The summed E-state index contributed by atoms with van der Waals surface area (Å²) >= 11 is 4.92. The fourth-order valence-corrected chi connectivity index (χ4v) is 2.65. The van der Waals surface area contributed by atoms with Crippen LogP contribution >= 0.6 is 12.2 Å². The molecule has 0 atom stereocenters. The molecule has 0 saturated heterocycles. The molecule has 1 aromatic heterocycles. The number of rotatable bonds is 7. The second kappa shape index (κ2) is 9.07. The third-order valence-electron chi connectivity index (χ3n) is 3.88. The number of H-pyrrole nitrogens is 1. The highest BCUT2D eigenvalue weighted by molar-refractivity contribution is 7.71. The van der Waals surface area contributed by atoms with Gasteiger partial charge in [-0.25, -0.2) is 13.9 Å². The Morgan fingerprint density at radius 1 is 1.31 bits per heavy atom. The molecular weight excluding hydrogens is 400 g/mol. The molecule has 0 spiro atoms. The molecule has 0 aliphatic carbocycles. The predicted molar refractivity (Wildman–Crippen MR) is 104 cm³/mol. The Kier molecular flexibility index (Phi) is 6.31. The summed E-state index contributed by atoms with van der Waals surface area (Å²) in [5.41, 5.74) is 1.90. The molecule has 0 amide bonds. The molecular formula is C19H15F2N5O2S. The minimum atomic E-state index is -2.81. The van der Waals surface area contributed by atoms with Crippen LogP contribution in [-0.4, -0.2) is 28.2 Å². The largest absolute Gasteiger partial charge is 0.496 e. The zero-order chi connectivity index (χ0) is 20.8. The van der Waals surface area contributed by atoms with Crippen molar-refractivity contribution in [3.05, 3.63) is 69.8 Å². The lowest BCUT2D eigenvalue weighted by Crippen LogP contribution is -2.01. The second-order valence-electron chi connectivity index (χ2n) is 5.74. The number of hydrogen-bond acceptors (Lipinski definition) is 6. The number of nitrogens with one attached hydrogen (secondary N) is 1. The number of ether oxygens (including phenoxy) is 2. The van der Waals surface area contributed by atoms with Gasteiger partial charge in [0.1, 0.15) is 18.1 Å². The minimum Gasteiger partial charge on any atom is -0.496 e. The maximum atomic E-state index is 13.0. The lowest BCUT2D eigenvalue weighted by atomic mass is 10.1. The molecule has 3 rings (SSSR count). The molecule has 1 N–H and O–H groups in total. The molecule has 7 nitrogen and oxygen atoms in total. The van der Waals surface area contributed by atoms with Gasteiger partial charge in [0.25, 0.3) is 6.43 Å². The summed E-state index contributed by atoms with van der Waals surface area (Å²) in [6, 6.07) is 14.0. The van der Waals surface area contributed by atoms with E-state index in [2.05, 4.69) is 15.3 Å². The highest BCUT2D eigenvalue weighted by Crippen LogP contribution is 2.22. The van der Waals surface area contributed by atoms with E-state index in [1.165, 1.54) is 13.3 Å². The van der Waals surface area contributed by atoms with E-state index in [-0.39, 0.29) is 11.4 Å². The number of nitrogens with zero attached hydrogens (tertiary/aromatic N) is 4. The Bertz CT molecular complexity index is 1120. The highest BCUT2D eigenvalue weighted by Gasteiger charge is 2.16. The third kappa shape index (κ3) is 4.83. The van der Waals surface area contributed by atoms with Crippen molar-refractivity contribution < 1.29 is 18.3 Å². The first-order valence-electron chi connectivity index (χ1n) is 8.31. The molecule has 2 aromatic carbocycles. The smallest absolute Gasteiger partial charge is 0.299 e. The van der Waals surface area contributed by atoms with Crippen molar-refractivity contribution in [2.45, 2.75) is 13.0 Å². The quantitative estimate of drug-likeness (QED) is 0.461. The number of aromatic amines is 1. The van der Waals surface area contributed by atoms with Crippen LogP contribution in [0.3, 0.4) is 0 Å². The van der Waals surface area contributed by atoms with Gasteiger partial charge in [-0.15, -0.1) is 0 Å². The molecule has 0 aliphatic rings. The Balaban J connectivity index is 1.80. The highest BCUT2D eigenvalue weighted by atomic mass is 32.1. The van der Waals surface area contributed by atoms with Crippen LogP contribution in [0.1, 0.15) is 28.9 Å². The van der Waals surface area contributed by atoms with Crippen LogP contribution in [-0.2, 0) is 6.61 Å². The van der Waals surface area contributed by atoms with E-state index in [1.807, 2.05) is 6.07 Å². The Morgan fingerprint density at radius 3 is 2.72 bits per heavy atom. The van der Waals surface area contributed by atoms with Gasteiger partial charge in [-0.3, -0.25) is 0 Å². The first-order chi connectivity index (χ1) is 14.0. The van der Waals surface area contributed by atoms with E-state index in [0.717, 1.165) is 10.2 Å². The first-order valence-corrected chi connectivity index (χ1v) is 8.72. The van der Waals surface area contributed by atoms with Crippen molar-refractivity contribution in [3.63, 3.8) is 0 Å². The molecule has 0 fully saturated rings. The topological polar surface area (TPSA) is 88.2 Å². The fraction of sp³-hybridized carbons (Fsp3) is 0.158. The van der Waals surface area contributed by atoms with Gasteiger partial charge in [0.15, 0.2) is 0 Å². The van der Waals surface area contributed by atoms with Crippen LogP contribution in [0.5, 0.6) is 11.5 Å². The maximum Gasteiger partial charge on any atom is 0.299 e. The van der Waals surface area contributed by atoms with E-state index in [1.54, 1.807) is 42.5 Å². The summed E-state index contributed by atoms with van der Waals surface area (Å²) in [5.74, 6) is 0.629. The average molecular weight is 415 g/mol. The number of alkyl halides is 2. The van der Waals surface area contributed by atoms with Crippen LogP contribution in [0.15, 0.2) is 47.6 Å². The normalized spacial score (nSPS) is 11.0. The molecule has 0 bridgehead atoms. The number of aromatic nitrogens is 3. The molecule has 148 valence electrons. The zero-order valence-electron chi connectivity index (χ0n) is 15.2. The van der Waals surface area contributed by atoms with Crippen molar-refractivity contribution in [2.24, 2.45) is 5.10 Å². The van der Waals surface area contributed by atoms with Gasteiger partial charge in [-0.2, -0.15) is 20.1 Å². The molecule has 0 aliphatic heterocycles. The van der Waals surface area contributed by atoms with Gasteiger partial charge >= 0.3 is 0 Å². The standard InChI is InChI=1S/C19H15F2N5O2S/c1-27-16-7-4-13(10-23-26-18(17(20)21)24-25-19(26)29)8-14(16)11-28-15-5-2-12(9-22)3-6-15/h2-8,10,17H,11H2,1H3,(H,25,29). The molecule has 29 heavy (non-hydrogen) atoms. The monoisotopic (exact) mass is 415 g/mol. The maximum absolute atomic E-state index is 13.0. The number of nitriles is 1. The molecule has 0 radical (unpaired) electrons. The Hall–Kier alpha value is -3.58. The van der Waals surface area contributed by atoms with Gasteiger partial charge in [0.05, 0.1) is 25.0 Å². The van der Waals surface area contributed by atoms with Crippen LogP contribution in [0.2, 0.25) is 0 Å². The SMILES string of the molecule is COc1ccc(C=Nn2c(C(F)F)n[nH]c2=S)cc1COc1ccc(C#N)cc1. The van der Waals surface area contributed by atoms with Crippen molar-refractivity contribution >= 4 is 18.4 Å². The van der Waals surface area contributed by atoms with Crippen molar-refractivity contribution in [1.82, 2.24) is 14.9 Å². The average Bonchev–Trinajstić information content (AvgIpc) is 3.11.